The third-order valence-corrected chi connectivity index (χ3v) is 4.43. The van der Waals surface area contributed by atoms with Crippen LogP contribution in [-0.4, -0.2) is 57.8 Å². The Morgan fingerprint density at radius 3 is 2.88 bits per heavy atom. The van der Waals surface area contributed by atoms with Crippen molar-refractivity contribution in [2.24, 2.45) is 0 Å². The van der Waals surface area contributed by atoms with Crippen molar-refractivity contribution in [2.75, 3.05) is 26.3 Å². The van der Waals surface area contributed by atoms with Crippen LogP contribution in [-0.2, 0) is 22.4 Å². The zero-order valence-electron chi connectivity index (χ0n) is 13.9. The first-order valence-corrected chi connectivity index (χ1v) is 8.16. The smallest absolute Gasteiger partial charge is 0.228 e. The Morgan fingerprint density at radius 2 is 2.21 bits per heavy atom. The van der Waals surface area contributed by atoms with Crippen LogP contribution in [0.1, 0.15) is 16.8 Å². The van der Waals surface area contributed by atoms with Crippen molar-refractivity contribution in [3.8, 4) is 0 Å². The molecule has 2 N–H and O–H groups in total. The van der Waals surface area contributed by atoms with Crippen molar-refractivity contribution >= 4 is 5.91 Å². The Balaban J connectivity index is 1.69. The first-order valence-electron chi connectivity index (χ1n) is 8.16. The summed E-state index contributed by atoms with van der Waals surface area (Å²) in [4.78, 5) is 21.2. The first-order chi connectivity index (χ1) is 11.6. The number of imidazole rings is 1. The molecule has 1 saturated heterocycles. The van der Waals surface area contributed by atoms with Gasteiger partial charge in [-0.1, -0.05) is 29.8 Å². The van der Waals surface area contributed by atoms with Crippen LogP contribution in [0.4, 0.5) is 0 Å². The second-order valence-corrected chi connectivity index (χ2v) is 6.42. The van der Waals surface area contributed by atoms with E-state index in [0.717, 1.165) is 11.3 Å². The number of amides is 1. The first kappa shape index (κ1) is 16.7. The van der Waals surface area contributed by atoms with Gasteiger partial charge in [-0.15, -0.1) is 0 Å². The maximum Gasteiger partial charge on any atom is 0.228 e. The predicted molar refractivity (Wildman–Crippen MR) is 89.5 cm³/mol. The van der Waals surface area contributed by atoms with Gasteiger partial charge in [-0.3, -0.25) is 4.79 Å². The Labute approximate surface area is 141 Å². The number of hydrogen-bond donors (Lipinski definition) is 2. The Hall–Kier alpha value is -2.18. The molecule has 1 aliphatic rings. The van der Waals surface area contributed by atoms with Crippen LogP contribution in [0.15, 0.2) is 36.8 Å². The number of ether oxygens (including phenoxy) is 1. The third kappa shape index (κ3) is 3.83. The van der Waals surface area contributed by atoms with Gasteiger partial charge in [0.15, 0.2) is 0 Å². The molecule has 1 atom stereocenters. The number of aromatic nitrogens is 2. The van der Waals surface area contributed by atoms with Gasteiger partial charge in [0.1, 0.15) is 5.60 Å². The Bertz CT molecular complexity index is 669. The summed E-state index contributed by atoms with van der Waals surface area (Å²) in [6.07, 6.45) is 4.09. The summed E-state index contributed by atoms with van der Waals surface area (Å²) in [7, 11) is 0. The van der Waals surface area contributed by atoms with Crippen LogP contribution in [0, 0.1) is 6.92 Å². The summed E-state index contributed by atoms with van der Waals surface area (Å²) in [6, 6.07) is 8.18. The minimum Gasteiger partial charge on any atom is -0.393 e. The lowest BCUT2D eigenvalue weighted by atomic mass is 9.92. The van der Waals surface area contributed by atoms with E-state index < -0.39 is 5.60 Å². The molecule has 0 radical (unpaired) electrons. The fourth-order valence-corrected chi connectivity index (χ4v) is 3.05. The lowest BCUT2D eigenvalue weighted by molar-refractivity contribution is -0.157. The van der Waals surface area contributed by atoms with E-state index in [2.05, 4.69) is 9.97 Å². The number of H-pyrrole nitrogens is 1. The molecule has 6 heteroatoms. The van der Waals surface area contributed by atoms with Gasteiger partial charge in [0.2, 0.25) is 5.91 Å². The zero-order valence-corrected chi connectivity index (χ0v) is 13.9. The fourth-order valence-electron chi connectivity index (χ4n) is 3.05. The molecule has 128 valence electrons. The van der Waals surface area contributed by atoms with Crippen molar-refractivity contribution in [2.45, 2.75) is 25.4 Å². The molecule has 24 heavy (non-hydrogen) atoms. The van der Waals surface area contributed by atoms with Gasteiger partial charge in [-0.05, 0) is 12.5 Å². The molecule has 1 aromatic heterocycles. The number of morpholine rings is 1. The van der Waals surface area contributed by atoms with Crippen molar-refractivity contribution in [3.63, 3.8) is 0 Å². The lowest BCUT2D eigenvalue weighted by Crippen LogP contribution is -2.57. The maximum atomic E-state index is 12.5. The zero-order chi connectivity index (χ0) is 17.0. The van der Waals surface area contributed by atoms with Crippen LogP contribution in [0.25, 0.3) is 0 Å². The van der Waals surface area contributed by atoms with E-state index in [1.165, 1.54) is 5.56 Å². The second-order valence-electron chi connectivity index (χ2n) is 6.42. The molecule has 1 unspecified atom stereocenters. The summed E-state index contributed by atoms with van der Waals surface area (Å²) in [5.74, 6) is 0.0179. The number of nitrogens with one attached hydrogen (secondary N) is 1. The Morgan fingerprint density at radius 1 is 1.42 bits per heavy atom. The highest BCUT2D eigenvalue weighted by Gasteiger charge is 2.38. The average molecular weight is 329 g/mol. The molecule has 1 aliphatic heterocycles. The molecule has 0 bridgehead atoms. The summed E-state index contributed by atoms with van der Waals surface area (Å²) in [5, 5.41) is 9.93. The van der Waals surface area contributed by atoms with Gasteiger partial charge in [0.05, 0.1) is 32.5 Å². The van der Waals surface area contributed by atoms with Crippen LogP contribution in [0.2, 0.25) is 0 Å². The number of nitrogens with zero attached hydrogens (tertiary/aromatic N) is 2. The van der Waals surface area contributed by atoms with Crippen LogP contribution < -0.4 is 0 Å². The van der Waals surface area contributed by atoms with Crippen LogP contribution in [0.3, 0.4) is 0 Å². The van der Waals surface area contributed by atoms with E-state index in [4.69, 9.17) is 4.74 Å². The standard InChI is InChI=1S/C18H23N3O3/c1-14-2-4-15(5-3-14)9-18(12-22)11-21(6-7-24-18)17(23)8-16-10-19-13-20-16/h2-5,10,13,22H,6-9,11-12H2,1H3,(H,19,20). The molecule has 0 saturated carbocycles. The van der Waals surface area contributed by atoms with Crippen LogP contribution >= 0.6 is 0 Å². The highest BCUT2D eigenvalue weighted by atomic mass is 16.5. The van der Waals surface area contributed by atoms with Gasteiger partial charge < -0.3 is 19.7 Å². The topological polar surface area (TPSA) is 78.5 Å². The number of aryl methyl sites for hydroxylation is 1. The molecule has 1 fully saturated rings. The Kier molecular flexibility index (Phi) is 4.97. The maximum absolute atomic E-state index is 12.5. The lowest BCUT2D eigenvalue weighted by Gasteiger charge is -2.42. The summed E-state index contributed by atoms with van der Waals surface area (Å²) in [5.41, 5.74) is 2.34. The summed E-state index contributed by atoms with van der Waals surface area (Å²) >= 11 is 0. The van der Waals surface area contributed by atoms with E-state index in [9.17, 15) is 9.90 Å². The molecule has 0 aliphatic carbocycles. The van der Waals surface area contributed by atoms with Gasteiger partial charge in [0.25, 0.3) is 0 Å². The van der Waals surface area contributed by atoms with E-state index in [0.29, 0.717) is 26.1 Å². The van der Waals surface area contributed by atoms with Gasteiger partial charge in [0, 0.05) is 24.9 Å². The number of carbonyl (C=O) groups is 1. The second kappa shape index (κ2) is 7.15. The SMILES string of the molecule is Cc1ccc(CC2(CO)CN(C(=O)Cc3cnc[nH]3)CCO2)cc1. The minimum absolute atomic E-state index is 0.0179. The van der Waals surface area contributed by atoms with Gasteiger partial charge in [-0.2, -0.15) is 0 Å². The number of aliphatic hydroxyl groups excluding tert-OH is 1. The molecular weight excluding hydrogens is 306 g/mol. The van der Waals surface area contributed by atoms with Gasteiger partial charge >= 0.3 is 0 Å². The number of carbonyl (C=O) groups excluding carboxylic acids is 1. The monoisotopic (exact) mass is 329 g/mol. The van der Waals surface area contributed by atoms with Crippen molar-refractivity contribution in [3.05, 3.63) is 53.6 Å². The quantitative estimate of drug-likeness (QED) is 0.861. The van der Waals surface area contributed by atoms with Gasteiger partial charge in [-0.25, -0.2) is 4.98 Å². The highest BCUT2D eigenvalue weighted by molar-refractivity contribution is 5.78. The third-order valence-electron chi connectivity index (χ3n) is 4.43. The van der Waals surface area contributed by atoms with Crippen LogP contribution in [0.5, 0.6) is 0 Å². The van der Waals surface area contributed by atoms with E-state index >= 15 is 0 Å². The summed E-state index contributed by atoms with van der Waals surface area (Å²) < 4.78 is 5.90. The van der Waals surface area contributed by atoms with E-state index in [-0.39, 0.29) is 18.9 Å². The molecule has 3 rings (SSSR count). The van der Waals surface area contributed by atoms with Crippen molar-refractivity contribution in [1.29, 1.82) is 0 Å². The molecule has 2 aromatic rings. The number of aliphatic hydroxyl groups is 1. The fraction of sp³-hybridized carbons (Fsp3) is 0.444. The number of hydrogen-bond acceptors (Lipinski definition) is 4. The van der Waals surface area contributed by atoms with Crippen molar-refractivity contribution < 1.29 is 14.6 Å². The van der Waals surface area contributed by atoms with E-state index in [1.54, 1.807) is 17.4 Å². The molecule has 6 nitrogen and oxygen atoms in total. The highest BCUT2D eigenvalue weighted by Crippen LogP contribution is 2.24. The molecular formula is C18H23N3O3. The largest absolute Gasteiger partial charge is 0.393 e. The molecule has 1 amide bonds. The number of rotatable bonds is 5. The normalized spacial score (nSPS) is 21.0. The van der Waals surface area contributed by atoms with Crippen molar-refractivity contribution in [1.82, 2.24) is 14.9 Å². The number of benzene rings is 1. The van der Waals surface area contributed by atoms with E-state index in [1.807, 2.05) is 31.2 Å². The molecule has 2 heterocycles. The molecule has 1 aromatic carbocycles. The summed E-state index contributed by atoms with van der Waals surface area (Å²) in [6.45, 7) is 3.29. The number of aromatic amines is 1. The predicted octanol–water partition coefficient (Wildman–Crippen LogP) is 1.09. The average Bonchev–Trinajstić information content (AvgIpc) is 3.10. The minimum atomic E-state index is -0.739. The molecule has 0 spiro atoms.